The summed E-state index contributed by atoms with van der Waals surface area (Å²) in [5, 5.41) is 18.9. The highest BCUT2D eigenvalue weighted by molar-refractivity contribution is 5.94. The fraction of sp³-hybridized carbons (Fsp3) is 0.200. The number of H-pyrrole nitrogens is 1. The van der Waals surface area contributed by atoms with E-state index in [-0.39, 0.29) is 28.9 Å². The Hall–Kier alpha value is -3.37. The first-order chi connectivity index (χ1) is 14.1. The Morgan fingerprint density at radius 3 is 2.50 bits per heavy atom. The number of ether oxygens (including phenoxy) is 1. The predicted octanol–water partition coefficient (Wildman–Crippen LogP) is 2.85. The summed E-state index contributed by atoms with van der Waals surface area (Å²) < 4.78 is 44.8. The van der Waals surface area contributed by atoms with Crippen molar-refractivity contribution in [3.63, 3.8) is 0 Å². The molecule has 1 amide bonds. The van der Waals surface area contributed by atoms with Gasteiger partial charge in [-0.05, 0) is 29.7 Å². The average molecular weight is 420 g/mol. The molecule has 0 bridgehead atoms. The normalized spacial score (nSPS) is 17.1. The number of amides is 1. The Morgan fingerprint density at radius 2 is 1.83 bits per heavy atom. The van der Waals surface area contributed by atoms with Crippen LogP contribution in [0.15, 0.2) is 53.3 Å². The van der Waals surface area contributed by atoms with Crippen molar-refractivity contribution in [2.75, 3.05) is 11.4 Å². The van der Waals surface area contributed by atoms with Gasteiger partial charge < -0.3 is 19.9 Å². The minimum Gasteiger partial charge on any atom is -0.438 e. The number of carbonyl (C=O) groups excluding carboxylic acids is 1. The lowest BCUT2D eigenvalue weighted by Crippen LogP contribution is -2.30. The second kappa shape index (κ2) is 7.15. The van der Waals surface area contributed by atoms with Gasteiger partial charge in [0.2, 0.25) is 0 Å². The molecule has 156 valence electrons. The molecule has 3 aromatic rings. The highest BCUT2D eigenvalue weighted by atomic mass is 19.4. The maximum Gasteiger partial charge on any atom is 0.417 e. The molecule has 2 aromatic carbocycles. The summed E-state index contributed by atoms with van der Waals surface area (Å²) in [5.41, 5.74) is -1.37. The van der Waals surface area contributed by atoms with Crippen molar-refractivity contribution in [1.29, 1.82) is 0 Å². The lowest BCUT2D eigenvalue weighted by molar-refractivity contribution is -0.137. The number of cyclic esters (lactones) is 1. The molecule has 10 heteroatoms. The van der Waals surface area contributed by atoms with Crippen LogP contribution in [0.25, 0.3) is 22.0 Å². The number of nitrogens with one attached hydrogen (secondary N) is 1. The number of aromatic nitrogens is 1. The minimum absolute atomic E-state index is 0.0113. The van der Waals surface area contributed by atoms with Crippen LogP contribution in [0.3, 0.4) is 0 Å². The van der Waals surface area contributed by atoms with Crippen LogP contribution in [0.2, 0.25) is 0 Å². The number of alkyl halides is 3. The molecule has 1 fully saturated rings. The molecule has 4 rings (SSSR count). The van der Waals surface area contributed by atoms with Crippen LogP contribution >= 0.6 is 0 Å². The number of benzene rings is 2. The summed E-state index contributed by atoms with van der Waals surface area (Å²) in [5.74, 6) is 0. The first kappa shape index (κ1) is 19.9. The number of aromatic amines is 1. The molecule has 3 N–H and O–H groups in total. The third-order valence-electron chi connectivity index (χ3n) is 4.83. The van der Waals surface area contributed by atoms with Gasteiger partial charge in [0, 0.05) is 22.3 Å². The zero-order valence-corrected chi connectivity index (χ0v) is 15.2. The van der Waals surface area contributed by atoms with Crippen LogP contribution in [-0.2, 0) is 10.9 Å². The first-order valence-corrected chi connectivity index (χ1v) is 8.83. The summed E-state index contributed by atoms with van der Waals surface area (Å²) in [4.78, 5) is 28.2. The molecule has 2 heterocycles. The number of pyridine rings is 1. The second-order valence-corrected chi connectivity index (χ2v) is 6.77. The van der Waals surface area contributed by atoms with E-state index >= 15 is 0 Å². The van der Waals surface area contributed by atoms with E-state index < -0.39 is 35.8 Å². The zero-order valence-electron chi connectivity index (χ0n) is 15.2. The fourth-order valence-corrected chi connectivity index (χ4v) is 3.38. The van der Waals surface area contributed by atoms with Gasteiger partial charge in [0.25, 0.3) is 5.56 Å². The van der Waals surface area contributed by atoms with E-state index in [2.05, 4.69) is 4.98 Å². The van der Waals surface area contributed by atoms with Gasteiger partial charge in [-0.1, -0.05) is 24.3 Å². The first-order valence-electron chi connectivity index (χ1n) is 8.83. The molecule has 7 nitrogen and oxygen atoms in total. The average Bonchev–Trinajstić information content (AvgIpc) is 3.09. The Bertz CT molecular complexity index is 1190. The van der Waals surface area contributed by atoms with Crippen LogP contribution in [0.4, 0.5) is 23.7 Å². The molecule has 1 saturated heterocycles. The number of hydrogen-bond acceptors (Lipinski definition) is 5. The zero-order chi connectivity index (χ0) is 21.6. The minimum atomic E-state index is -4.59. The molecule has 0 aliphatic carbocycles. The standard InChI is InChI=1S/C20H15F3N2O5/c21-20(22,23)14-4-2-1-3-12(14)15-7-10-5-6-11(8-13(10)17(26)24-15)25-9-16(18(27)28)30-19(25)29/h1-8,16,18,27-28H,9H2,(H,24,26). The van der Waals surface area contributed by atoms with Gasteiger partial charge in [-0.25, -0.2) is 4.79 Å². The highest BCUT2D eigenvalue weighted by Crippen LogP contribution is 2.36. The summed E-state index contributed by atoms with van der Waals surface area (Å²) in [6.07, 6.45) is -8.37. The topological polar surface area (TPSA) is 103 Å². The van der Waals surface area contributed by atoms with Gasteiger partial charge in [-0.3, -0.25) is 9.69 Å². The van der Waals surface area contributed by atoms with Crippen molar-refractivity contribution in [1.82, 2.24) is 4.98 Å². The number of hydrogen-bond donors (Lipinski definition) is 3. The fourth-order valence-electron chi connectivity index (χ4n) is 3.38. The molecule has 0 radical (unpaired) electrons. The molecule has 1 unspecified atom stereocenters. The van der Waals surface area contributed by atoms with Crippen LogP contribution in [0, 0.1) is 0 Å². The Labute approximate surface area is 166 Å². The van der Waals surface area contributed by atoms with Gasteiger partial charge >= 0.3 is 12.3 Å². The summed E-state index contributed by atoms with van der Waals surface area (Å²) in [6.45, 7) is -0.128. The van der Waals surface area contributed by atoms with Gasteiger partial charge in [0.05, 0.1) is 12.1 Å². The number of aliphatic hydroxyl groups excluding tert-OH is 1. The number of halogens is 3. The van der Waals surface area contributed by atoms with Crippen molar-refractivity contribution in [3.05, 3.63) is 64.4 Å². The molecule has 30 heavy (non-hydrogen) atoms. The predicted molar refractivity (Wildman–Crippen MR) is 101 cm³/mol. The molecular formula is C20H15F3N2O5. The van der Waals surface area contributed by atoms with E-state index in [1.165, 1.54) is 42.5 Å². The quantitative estimate of drug-likeness (QED) is 0.566. The van der Waals surface area contributed by atoms with E-state index in [1.807, 2.05) is 0 Å². The maximum absolute atomic E-state index is 13.3. The Balaban J connectivity index is 1.77. The monoisotopic (exact) mass is 420 g/mol. The smallest absolute Gasteiger partial charge is 0.417 e. The van der Waals surface area contributed by atoms with E-state index in [1.54, 1.807) is 0 Å². The molecule has 0 spiro atoms. The van der Waals surface area contributed by atoms with Crippen molar-refractivity contribution in [3.8, 4) is 11.3 Å². The summed E-state index contributed by atoms with van der Waals surface area (Å²) in [7, 11) is 0. The second-order valence-electron chi connectivity index (χ2n) is 6.77. The van der Waals surface area contributed by atoms with E-state index in [4.69, 9.17) is 4.74 Å². The number of rotatable bonds is 3. The Morgan fingerprint density at radius 1 is 1.10 bits per heavy atom. The van der Waals surface area contributed by atoms with Gasteiger partial charge in [-0.2, -0.15) is 13.2 Å². The van der Waals surface area contributed by atoms with Crippen LogP contribution in [0.1, 0.15) is 5.56 Å². The molecule has 1 aliphatic rings. The van der Waals surface area contributed by atoms with E-state index in [0.717, 1.165) is 11.0 Å². The number of fused-ring (bicyclic) bond motifs is 1. The third kappa shape index (κ3) is 3.51. The Kier molecular flexibility index (Phi) is 4.75. The molecular weight excluding hydrogens is 405 g/mol. The molecule has 0 saturated carbocycles. The van der Waals surface area contributed by atoms with Crippen molar-refractivity contribution >= 4 is 22.6 Å². The number of anilines is 1. The van der Waals surface area contributed by atoms with Gasteiger partial charge in [0.15, 0.2) is 12.4 Å². The number of carbonyl (C=O) groups is 1. The lowest BCUT2D eigenvalue weighted by Gasteiger charge is -2.15. The van der Waals surface area contributed by atoms with Crippen molar-refractivity contribution < 1.29 is 32.9 Å². The van der Waals surface area contributed by atoms with Crippen LogP contribution in [0.5, 0.6) is 0 Å². The largest absolute Gasteiger partial charge is 0.438 e. The highest BCUT2D eigenvalue weighted by Gasteiger charge is 2.36. The molecule has 1 atom stereocenters. The van der Waals surface area contributed by atoms with Crippen LogP contribution < -0.4 is 10.5 Å². The lowest BCUT2D eigenvalue weighted by atomic mass is 10.0. The molecule has 1 aromatic heterocycles. The number of nitrogens with zero attached hydrogens (tertiary/aromatic N) is 1. The van der Waals surface area contributed by atoms with Crippen molar-refractivity contribution in [2.24, 2.45) is 0 Å². The van der Waals surface area contributed by atoms with Gasteiger partial charge in [-0.15, -0.1) is 0 Å². The SMILES string of the molecule is O=C1OC(C(O)O)CN1c1ccc2cc(-c3ccccc3C(F)(F)F)[nH]c(=O)c2c1. The number of aliphatic hydroxyl groups is 2. The summed E-state index contributed by atoms with van der Waals surface area (Å²) >= 11 is 0. The van der Waals surface area contributed by atoms with Crippen LogP contribution in [-0.4, -0.2) is 40.2 Å². The van der Waals surface area contributed by atoms with Gasteiger partial charge in [0.1, 0.15) is 0 Å². The summed E-state index contributed by atoms with van der Waals surface area (Å²) in [6, 6.07) is 10.7. The third-order valence-corrected chi connectivity index (χ3v) is 4.83. The maximum atomic E-state index is 13.3. The molecule has 1 aliphatic heterocycles. The van der Waals surface area contributed by atoms with E-state index in [0.29, 0.717) is 5.39 Å². The van der Waals surface area contributed by atoms with E-state index in [9.17, 15) is 33.0 Å². The van der Waals surface area contributed by atoms with Crippen molar-refractivity contribution in [2.45, 2.75) is 18.6 Å².